The smallest absolute Gasteiger partial charge is 0.242 e. The van der Waals surface area contributed by atoms with E-state index in [2.05, 4.69) is 5.32 Å². The zero-order valence-electron chi connectivity index (χ0n) is 10.9. The Kier molecular flexibility index (Phi) is 5.12. The minimum atomic E-state index is -3.52. The van der Waals surface area contributed by atoms with Gasteiger partial charge in [-0.25, -0.2) is 12.7 Å². The highest BCUT2D eigenvalue weighted by atomic mass is 32.2. The van der Waals surface area contributed by atoms with Crippen molar-refractivity contribution in [3.63, 3.8) is 0 Å². The highest BCUT2D eigenvalue weighted by molar-refractivity contribution is 7.89. The third kappa shape index (κ3) is 3.80. The molecular formula is C11H19N3O4S. The molecule has 1 aromatic carbocycles. The number of rotatable bonds is 6. The molecule has 0 saturated heterocycles. The van der Waals surface area contributed by atoms with Crippen LogP contribution in [0.3, 0.4) is 0 Å². The summed E-state index contributed by atoms with van der Waals surface area (Å²) in [5, 5.41) is 20.7. The molecule has 0 aliphatic heterocycles. The fraction of sp³-hybridized carbons (Fsp3) is 0.455. The van der Waals surface area contributed by atoms with E-state index in [4.69, 9.17) is 10.8 Å². The molecule has 1 unspecified atom stereocenters. The van der Waals surface area contributed by atoms with Gasteiger partial charge in [0.15, 0.2) is 0 Å². The molecule has 0 aromatic heterocycles. The number of aliphatic hydroxyl groups excluding tert-OH is 2. The Bertz CT molecular complexity index is 531. The van der Waals surface area contributed by atoms with Crippen molar-refractivity contribution in [2.75, 3.05) is 38.3 Å². The van der Waals surface area contributed by atoms with Crippen molar-refractivity contribution in [3.8, 4) is 0 Å². The van der Waals surface area contributed by atoms with E-state index in [1.165, 1.54) is 32.3 Å². The Morgan fingerprint density at radius 2 is 2.05 bits per heavy atom. The third-order valence-corrected chi connectivity index (χ3v) is 4.35. The van der Waals surface area contributed by atoms with Crippen LogP contribution in [0, 0.1) is 0 Å². The summed E-state index contributed by atoms with van der Waals surface area (Å²) < 4.78 is 24.9. The summed E-state index contributed by atoms with van der Waals surface area (Å²) in [4.78, 5) is 0.100. The average molecular weight is 289 g/mol. The Hall–Kier alpha value is -1.35. The predicted molar refractivity (Wildman–Crippen MR) is 73.3 cm³/mol. The first-order valence-electron chi connectivity index (χ1n) is 5.64. The molecule has 0 bridgehead atoms. The molecule has 0 saturated carbocycles. The summed E-state index contributed by atoms with van der Waals surface area (Å²) in [6.45, 7) is -0.236. The van der Waals surface area contributed by atoms with Crippen molar-refractivity contribution in [2.24, 2.45) is 0 Å². The Balaban J connectivity index is 2.92. The maximum Gasteiger partial charge on any atom is 0.242 e. The van der Waals surface area contributed by atoms with Gasteiger partial charge in [0.2, 0.25) is 10.0 Å². The van der Waals surface area contributed by atoms with Crippen LogP contribution in [0.1, 0.15) is 0 Å². The molecule has 1 rings (SSSR count). The van der Waals surface area contributed by atoms with Crippen LogP contribution < -0.4 is 11.1 Å². The molecule has 0 aliphatic rings. The molecule has 1 aromatic rings. The standard InChI is InChI=1S/C11H19N3O4S/c1-14(2)19(17,18)9-3-4-11(10(12)5-9)13-6-8(16)7-15/h3-5,8,13,15-16H,6-7,12H2,1-2H3. The fourth-order valence-electron chi connectivity index (χ4n) is 1.37. The van der Waals surface area contributed by atoms with E-state index < -0.39 is 16.1 Å². The lowest BCUT2D eigenvalue weighted by molar-refractivity contribution is 0.105. The fourth-order valence-corrected chi connectivity index (χ4v) is 2.30. The number of nitrogen functional groups attached to an aromatic ring is 1. The molecule has 0 radical (unpaired) electrons. The van der Waals surface area contributed by atoms with Gasteiger partial charge in [-0.2, -0.15) is 0 Å². The second-order valence-electron chi connectivity index (χ2n) is 4.25. The van der Waals surface area contributed by atoms with Crippen molar-refractivity contribution in [3.05, 3.63) is 18.2 Å². The number of hydrogen-bond acceptors (Lipinski definition) is 6. The average Bonchev–Trinajstić information content (AvgIpc) is 2.36. The molecule has 0 fully saturated rings. The van der Waals surface area contributed by atoms with E-state index in [9.17, 15) is 13.5 Å². The Morgan fingerprint density at radius 3 is 2.53 bits per heavy atom. The quantitative estimate of drug-likeness (QED) is 0.514. The zero-order valence-corrected chi connectivity index (χ0v) is 11.7. The Labute approximate surface area is 112 Å². The van der Waals surface area contributed by atoms with E-state index in [0.29, 0.717) is 5.69 Å². The number of nitrogens with one attached hydrogen (secondary N) is 1. The van der Waals surface area contributed by atoms with Crippen molar-refractivity contribution in [2.45, 2.75) is 11.0 Å². The first kappa shape index (κ1) is 15.7. The van der Waals surface area contributed by atoms with Gasteiger partial charge < -0.3 is 21.3 Å². The van der Waals surface area contributed by atoms with Gasteiger partial charge in [0.05, 0.1) is 29.0 Å². The van der Waals surface area contributed by atoms with Gasteiger partial charge >= 0.3 is 0 Å². The van der Waals surface area contributed by atoms with E-state index in [-0.39, 0.29) is 23.7 Å². The largest absolute Gasteiger partial charge is 0.397 e. The molecule has 0 spiro atoms. The number of nitrogens with zero attached hydrogens (tertiary/aromatic N) is 1. The van der Waals surface area contributed by atoms with Crippen LogP contribution in [-0.4, -0.2) is 56.3 Å². The van der Waals surface area contributed by atoms with Crippen LogP contribution in [-0.2, 0) is 10.0 Å². The van der Waals surface area contributed by atoms with Gasteiger partial charge in [0.1, 0.15) is 0 Å². The SMILES string of the molecule is CN(C)S(=O)(=O)c1ccc(NCC(O)CO)c(N)c1. The molecule has 8 heteroatoms. The van der Waals surface area contributed by atoms with Gasteiger partial charge in [-0.3, -0.25) is 0 Å². The molecule has 108 valence electrons. The number of aliphatic hydroxyl groups is 2. The highest BCUT2D eigenvalue weighted by Gasteiger charge is 2.18. The second-order valence-corrected chi connectivity index (χ2v) is 6.41. The number of nitrogens with two attached hydrogens (primary N) is 1. The third-order valence-electron chi connectivity index (χ3n) is 2.54. The van der Waals surface area contributed by atoms with Gasteiger partial charge in [0.25, 0.3) is 0 Å². The van der Waals surface area contributed by atoms with Crippen LogP contribution in [0.15, 0.2) is 23.1 Å². The molecular weight excluding hydrogens is 270 g/mol. The second kappa shape index (κ2) is 6.20. The minimum Gasteiger partial charge on any atom is -0.397 e. The highest BCUT2D eigenvalue weighted by Crippen LogP contribution is 2.23. The molecule has 1 atom stereocenters. The van der Waals surface area contributed by atoms with E-state index >= 15 is 0 Å². The van der Waals surface area contributed by atoms with Gasteiger partial charge in [-0.1, -0.05) is 0 Å². The van der Waals surface area contributed by atoms with Crippen molar-refractivity contribution in [1.29, 1.82) is 0 Å². The Morgan fingerprint density at radius 1 is 1.42 bits per heavy atom. The maximum absolute atomic E-state index is 11.9. The zero-order chi connectivity index (χ0) is 14.6. The summed E-state index contributed by atoms with van der Waals surface area (Å²) in [6.07, 6.45) is -0.899. The van der Waals surface area contributed by atoms with Crippen molar-refractivity contribution in [1.82, 2.24) is 4.31 Å². The molecule has 5 N–H and O–H groups in total. The van der Waals surface area contributed by atoms with Crippen LogP contribution in [0.5, 0.6) is 0 Å². The molecule has 7 nitrogen and oxygen atoms in total. The first-order valence-corrected chi connectivity index (χ1v) is 7.08. The lowest BCUT2D eigenvalue weighted by atomic mass is 10.2. The maximum atomic E-state index is 11.9. The predicted octanol–water partition coefficient (Wildman–Crippen LogP) is -0.716. The number of benzene rings is 1. The van der Waals surface area contributed by atoms with Gasteiger partial charge in [0, 0.05) is 20.6 Å². The van der Waals surface area contributed by atoms with Crippen molar-refractivity contribution < 1.29 is 18.6 Å². The summed E-state index contributed by atoms with van der Waals surface area (Å²) in [6, 6.07) is 4.30. The lowest BCUT2D eigenvalue weighted by Gasteiger charge is -2.15. The molecule has 19 heavy (non-hydrogen) atoms. The van der Waals surface area contributed by atoms with Crippen molar-refractivity contribution >= 4 is 21.4 Å². The number of sulfonamides is 1. The number of hydrogen-bond donors (Lipinski definition) is 4. The molecule has 0 amide bonds. The summed E-state index contributed by atoms with van der Waals surface area (Å²) in [5.41, 5.74) is 6.52. The first-order chi connectivity index (χ1) is 8.78. The minimum absolute atomic E-state index is 0.100. The molecule has 0 heterocycles. The summed E-state index contributed by atoms with van der Waals surface area (Å²) >= 11 is 0. The lowest BCUT2D eigenvalue weighted by Crippen LogP contribution is -2.24. The number of anilines is 2. The van der Waals surface area contributed by atoms with Crippen LogP contribution in [0.25, 0.3) is 0 Å². The van der Waals surface area contributed by atoms with Crippen LogP contribution >= 0.6 is 0 Å². The summed E-state index contributed by atoms with van der Waals surface area (Å²) in [7, 11) is -0.636. The monoisotopic (exact) mass is 289 g/mol. The van der Waals surface area contributed by atoms with Gasteiger partial charge in [-0.15, -0.1) is 0 Å². The van der Waals surface area contributed by atoms with E-state index in [1.54, 1.807) is 0 Å². The van der Waals surface area contributed by atoms with Gasteiger partial charge in [-0.05, 0) is 18.2 Å². The van der Waals surface area contributed by atoms with Crippen LogP contribution in [0.2, 0.25) is 0 Å². The summed E-state index contributed by atoms with van der Waals surface area (Å²) in [5.74, 6) is 0. The van der Waals surface area contributed by atoms with E-state index in [0.717, 1.165) is 4.31 Å². The van der Waals surface area contributed by atoms with E-state index in [1.807, 2.05) is 0 Å². The van der Waals surface area contributed by atoms with Crippen LogP contribution in [0.4, 0.5) is 11.4 Å². The normalized spacial score (nSPS) is 13.5. The molecule has 0 aliphatic carbocycles. The topological polar surface area (TPSA) is 116 Å².